The van der Waals surface area contributed by atoms with Crippen LogP contribution in [0.4, 0.5) is 5.69 Å². The molecule has 100 valence electrons. The smallest absolute Gasteiger partial charge is 0.256 e. The molecular formula is C14H21NO3. The van der Waals surface area contributed by atoms with Crippen LogP contribution in [0.15, 0.2) is 24.3 Å². The van der Waals surface area contributed by atoms with Crippen LogP contribution in [0.5, 0.6) is 5.75 Å². The number of amides is 1. The maximum absolute atomic E-state index is 12.0. The lowest BCUT2D eigenvalue weighted by atomic mass is 10.1. The van der Waals surface area contributed by atoms with Gasteiger partial charge in [0.25, 0.3) is 5.91 Å². The molecule has 0 aromatic heterocycles. The van der Waals surface area contributed by atoms with Crippen molar-refractivity contribution >= 4 is 11.6 Å². The summed E-state index contributed by atoms with van der Waals surface area (Å²) in [6.45, 7) is 8.43. The van der Waals surface area contributed by atoms with Gasteiger partial charge in [0.05, 0.1) is 6.61 Å². The molecule has 1 amide bonds. The van der Waals surface area contributed by atoms with E-state index in [0.717, 1.165) is 11.4 Å². The topological polar surface area (TPSA) is 47.6 Å². The van der Waals surface area contributed by atoms with E-state index in [4.69, 9.17) is 9.47 Å². The molecule has 0 atom stereocenters. The summed E-state index contributed by atoms with van der Waals surface area (Å²) in [4.78, 5) is 12.0. The van der Waals surface area contributed by atoms with Crippen molar-refractivity contribution in [3.05, 3.63) is 24.3 Å². The van der Waals surface area contributed by atoms with E-state index in [-0.39, 0.29) is 5.91 Å². The standard InChI is InChI=1S/C14H21NO3/c1-5-17-12-9-7-11(8-10-12)15-13(16)14(3,4)18-6-2/h7-10H,5-6H2,1-4H3,(H,15,16). The molecule has 0 bridgehead atoms. The molecule has 0 aliphatic heterocycles. The predicted octanol–water partition coefficient (Wildman–Crippen LogP) is 2.84. The second-order valence-corrected chi connectivity index (χ2v) is 4.35. The number of rotatable bonds is 6. The lowest BCUT2D eigenvalue weighted by Gasteiger charge is -2.23. The molecule has 1 aromatic rings. The predicted molar refractivity (Wildman–Crippen MR) is 71.9 cm³/mol. The van der Waals surface area contributed by atoms with Crippen LogP contribution in [0.1, 0.15) is 27.7 Å². The van der Waals surface area contributed by atoms with Gasteiger partial charge in [-0.3, -0.25) is 4.79 Å². The minimum absolute atomic E-state index is 0.159. The normalized spacial score (nSPS) is 11.1. The Bertz CT molecular complexity index is 385. The molecule has 0 saturated carbocycles. The van der Waals surface area contributed by atoms with Crippen molar-refractivity contribution in [3.63, 3.8) is 0 Å². The Morgan fingerprint density at radius 1 is 1.17 bits per heavy atom. The second kappa shape index (κ2) is 6.40. The molecule has 1 rings (SSSR count). The SMILES string of the molecule is CCOc1ccc(NC(=O)C(C)(C)OCC)cc1. The zero-order valence-electron chi connectivity index (χ0n) is 11.4. The lowest BCUT2D eigenvalue weighted by molar-refractivity contribution is -0.136. The van der Waals surface area contributed by atoms with Crippen LogP contribution in [-0.4, -0.2) is 24.7 Å². The minimum Gasteiger partial charge on any atom is -0.494 e. The summed E-state index contributed by atoms with van der Waals surface area (Å²) < 4.78 is 10.7. The van der Waals surface area contributed by atoms with Crippen molar-refractivity contribution in [1.82, 2.24) is 0 Å². The quantitative estimate of drug-likeness (QED) is 0.845. The van der Waals surface area contributed by atoms with Crippen LogP contribution in [0.3, 0.4) is 0 Å². The molecule has 4 nitrogen and oxygen atoms in total. The van der Waals surface area contributed by atoms with Gasteiger partial charge in [-0.25, -0.2) is 0 Å². The summed E-state index contributed by atoms with van der Waals surface area (Å²) in [7, 11) is 0. The zero-order valence-corrected chi connectivity index (χ0v) is 11.4. The summed E-state index contributed by atoms with van der Waals surface area (Å²) in [5, 5.41) is 2.82. The summed E-state index contributed by atoms with van der Waals surface area (Å²) in [6, 6.07) is 7.27. The monoisotopic (exact) mass is 251 g/mol. The molecule has 1 N–H and O–H groups in total. The highest BCUT2D eigenvalue weighted by atomic mass is 16.5. The van der Waals surface area contributed by atoms with Crippen molar-refractivity contribution in [2.75, 3.05) is 18.5 Å². The van der Waals surface area contributed by atoms with E-state index in [1.165, 1.54) is 0 Å². The van der Waals surface area contributed by atoms with Crippen LogP contribution in [0.2, 0.25) is 0 Å². The molecule has 4 heteroatoms. The molecule has 0 radical (unpaired) electrons. The van der Waals surface area contributed by atoms with Gasteiger partial charge in [-0.05, 0) is 52.0 Å². The first-order valence-corrected chi connectivity index (χ1v) is 6.18. The summed E-state index contributed by atoms with van der Waals surface area (Å²) >= 11 is 0. The highest BCUT2D eigenvalue weighted by Gasteiger charge is 2.27. The van der Waals surface area contributed by atoms with Gasteiger partial charge in [-0.15, -0.1) is 0 Å². The van der Waals surface area contributed by atoms with E-state index in [1.807, 2.05) is 38.1 Å². The van der Waals surface area contributed by atoms with Gasteiger partial charge >= 0.3 is 0 Å². The number of nitrogens with one attached hydrogen (secondary N) is 1. The Morgan fingerprint density at radius 3 is 2.28 bits per heavy atom. The van der Waals surface area contributed by atoms with Crippen LogP contribution in [0.25, 0.3) is 0 Å². The maximum atomic E-state index is 12.0. The second-order valence-electron chi connectivity index (χ2n) is 4.35. The minimum atomic E-state index is -0.826. The molecule has 0 fully saturated rings. The van der Waals surface area contributed by atoms with Crippen molar-refractivity contribution < 1.29 is 14.3 Å². The molecule has 0 saturated heterocycles. The maximum Gasteiger partial charge on any atom is 0.256 e. The fourth-order valence-electron chi connectivity index (χ4n) is 1.51. The van der Waals surface area contributed by atoms with Crippen LogP contribution >= 0.6 is 0 Å². The van der Waals surface area contributed by atoms with Crippen molar-refractivity contribution in [2.45, 2.75) is 33.3 Å². The fourth-order valence-corrected chi connectivity index (χ4v) is 1.51. The third-order valence-corrected chi connectivity index (χ3v) is 2.48. The average Bonchev–Trinajstić information content (AvgIpc) is 2.32. The van der Waals surface area contributed by atoms with E-state index in [1.54, 1.807) is 13.8 Å². The van der Waals surface area contributed by atoms with Crippen molar-refractivity contribution in [2.24, 2.45) is 0 Å². The molecule has 1 aromatic carbocycles. The van der Waals surface area contributed by atoms with E-state index in [0.29, 0.717) is 13.2 Å². The number of hydrogen-bond acceptors (Lipinski definition) is 3. The van der Waals surface area contributed by atoms with Gasteiger partial charge in [0.2, 0.25) is 0 Å². The van der Waals surface area contributed by atoms with Gasteiger partial charge in [0.1, 0.15) is 11.4 Å². The summed E-state index contributed by atoms with van der Waals surface area (Å²) in [6.07, 6.45) is 0. The Hall–Kier alpha value is -1.55. The number of carbonyl (C=O) groups is 1. The highest BCUT2D eigenvalue weighted by Crippen LogP contribution is 2.18. The summed E-state index contributed by atoms with van der Waals surface area (Å²) in [5.41, 5.74) is -0.0934. The largest absolute Gasteiger partial charge is 0.494 e. The number of ether oxygens (including phenoxy) is 2. The average molecular weight is 251 g/mol. The van der Waals surface area contributed by atoms with Gasteiger partial charge in [0, 0.05) is 12.3 Å². The number of benzene rings is 1. The fraction of sp³-hybridized carbons (Fsp3) is 0.500. The number of carbonyl (C=O) groups excluding carboxylic acids is 1. The number of hydrogen-bond donors (Lipinski definition) is 1. The van der Waals surface area contributed by atoms with E-state index >= 15 is 0 Å². The molecular weight excluding hydrogens is 230 g/mol. The first-order valence-electron chi connectivity index (χ1n) is 6.18. The Kier molecular flexibility index (Phi) is 5.16. The zero-order chi connectivity index (χ0) is 13.6. The Morgan fingerprint density at radius 2 is 1.78 bits per heavy atom. The van der Waals surface area contributed by atoms with Gasteiger partial charge < -0.3 is 14.8 Å². The van der Waals surface area contributed by atoms with Crippen LogP contribution in [-0.2, 0) is 9.53 Å². The molecule has 0 heterocycles. The van der Waals surface area contributed by atoms with Crippen molar-refractivity contribution in [3.8, 4) is 5.75 Å². The molecule has 0 unspecified atom stereocenters. The van der Waals surface area contributed by atoms with E-state index in [9.17, 15) is 4.79 Å². The lowest BCUT2D eigenvalue weighted by Crippen LogP contribution is -2.39. The van der Waals surface area contributed by atoms with E-state index < -0.39 is 5.60 Å². The third-order valence-electron chi connectivity index (χ3n) is 2.48. The first-order chi connectivity index (χ1) is 8.49. The first kappa shape index (κ1) is 14.5. The van der Waals surface area contributed by atoms with Gasteiger partial charge in [-0.2, -0.15) is 0 Å². The summed E-state index contributed by atoms with van der Waals surface area (Å²) in [5.74, 6) is 0.632. The van der Waals surface area contributed by atoms with Crippen LogP contribution < -0.4 is 10.1 Å². The molecule has 0 spiro atoms. The Labute approximate surface area is 108 Å². The molecule has 0 aliphatic carbocycles. The molecule has 0 aliphatic rings. The van der Waals surface area contributed by atoms with Crippen molar-refractivity contribution in [1.29, 1.82) is 0 Å². The Balaban J connectivity index is 2.64. The molecule has 18 heavy (non-hydrogen) atoms. The van der Waals surface area contributed by atoms with Gasteiger partial charge in [-0.1, -0.05) is 0 Å². The third kappa shape index (κ3) is 4.04. The van der Waals surface area contributed by atoms with Crippen LogP contribution in [0, 0.1) is 0 Å². The van der Waals surface area contributed by atoms with E-state index in [2.05, 4.69) is 5.32 Å². The highest BCUT2D eigenvalue weighted by molar-refractivity contribution is 5.96. The van der Waals surface area contributed by atoms with Gasteiger partial charge in [0.15, 0.2) is 0 Å². The number of anilines is 1.